The lowest BCUT2D eigenvalue weighted by Gasteiger charge is -2.15. The van der Waals surface area contributed by atoms with Crippen molar-refractivity contribution in [3.05, 3.63) is 22.2 Å². The van der Waals surface area contributed by atoms with Gasteiger partial charge in [0.15, 0.2) is 0 Å². The van der Waals surface area contributed by atoms with Crippen LogP contribution in [0.1, 0.15) is 26.5 Å². The van der Waals surface area contributed by atoms with Crippen molar-refractivity contribution in [2.24, 2.45) is 0 Å². The van der Waals surface area contributed by atoms with E-state index in [4.69, 9.17) is 11.6 Å². The molecule has 0 aliphatic carbocycles. The van der Waals surface area contributed by atoms with Gasteiger partial charge in [-0.25, -0.2) is 0 Å². The highest BCUT2D eigenvalue weighted by molar-refractivity contribution is 7.22. The number of aromatic amines is 1. The summed E-state index contributed by atoms with van der Waals surface area (Å²) in [5, 5.41) is 0. The van der Waals surface area contributed by atoms with Gasteiger partial charge in [-0.2, -0.15) is 0 Å². The molecule has 0 saturated heterocycles. The second-order valence-electron chi connectivity index (χ2n) is 4.26. The van der Waals surface area contributed by atoms with E-state index >= 15 is 0 Å². The fourth-order valence-corrected chi connectivity index (χ4v) is 2.44. The molecule has 1 nitrogen and oxygen atoms in total. The van der Waals surface area contributed by atoms with Gasteiger partial charge in [0, 0.05) is 11.1 Å². The minimum absolute atomic E-state index is 0.186. The van der Waals surface area contributed by atoms with Crippen LogP contribution in [0.15, 0.2) is 12.1 Å². The summed E-state index contributed by atoms with van der Waals surface area (Å²) in [5.41, 5.74) is 2.61. The predicted molar refractivity (Wildman–Crippen MR) is 59.9 cm³/mol. The van der Waals surface area contributed by atoms with Gasteiger partial charge in [-0.05, 0) is 12.1 Å². The molecular formula is C10H12ClNS. The molecule has 0 unspecified atom stereocenters. The van der Waals surface area contributed by atoms with Crippen molar-refractivity contribution in [1.29, 1.82) is 0 Å². The maximum atomic E-state index is 5.89. The molecule has 2 heterocycles. The Morgan fingerprint density at radius 2 is 2.00 bits per heavy atom. The van der Waals surface area contributed by atoms with E-state index in [-0.39, 0.29) is 5.41 Å². The number of thiophene rings is 1. The van der Waals surface area contributed by atoms with Gasteiger partial charge in [0.1, 0.15) is 0 Å². The number of aromatic nitrogens is 1. The summed E-state index contributed by atoms with van der Waals surface area (Å²) < 4.78 is 2.09. The van der Waals surface area contributed by atoms with Gasteiger partial charge in [-0.15, -0.1) is 11.3 Å². The van der Waals surface area contributed by atoms with E-state index in [2.05, 4.69) is 31.8 Å². The van der Waals surface area contributed by atoms with Crippen LogP contribution in [0.5, 0.6) is 0 Å². The van der Waals surface area contributed by atoms with E-state index in [0.29, 0.717) is 0 Å². The van der Waals surface area contributed by atoms with Crippen molar-refractivity contribution in [3.63, 3.8) is 0 Å². The molecule has 0 bridgehead atoms. The Morgan fingerprint density at radius 1 is 1.31 bits per heavy atom. The van der Waals surface area contributed by atoms with Crippen LogP contribution in [0.2, 0.25) is 4.34 Å². The summed E-state index contributed by atoms with van der Waals surface area (Å²) in [6.07, 6.45) is 0. The Labute approximate surface area is 86.7 Å². The third-order valence-electron chi connectivity index (χ3n) is 2.08. The van der Waals surface area contributed by atoms with Crippen molar-refractivity contribution in [2.45, 2.75) is 26.2 Å². The summed E-state index contributed by atoms with van der Waals surface area (Å²) >= 11 is 7.51. The summed E-state index contributed by atoms with van der Waals surface area (Å²) in [5.74, 6) is 0. The number of hydrogen-bond donors (Lipinski definition) is 1. The molecule has 0 atom stereocenters. The monoisotopic (exact) mass is 213 g/mol. The average Bonchev–Trinajstić information content (AvgIpc) is 2.40. The first-order valence-electron chi connectivity index (χ1n) is 4.25. The SMILES string of the molecule is CC(C)(C)c1cc2sc(Cl)cc2[nH]1. The molecular weight excluding hydrogens is 202 g/mol. The second-order valence-corrected chi connectivity index (χ2v) is 5.98. The number of H-pyrrole nitrogens is 1. The smallest absolute Gasteiger partial charge is 0.0956 e. The minimum atomic E-state index is 0.186. The molecule has 0 aliphatic rings. The number of hydrogen-bond acceptors (Lipinski definition) is 1. The van der Waals surface area contributed by atoms with Crippen LogP contribution in [-0.2, 0) is 5.41 Å². The highest BCUT2D eigenvalue weighted by Gasteiger charge is 2.16. The summed E-state index contributed by atoms with van der Waals surface area (Å²) in [7, 11) is 0. The molecule has 3 heteroatoms. The number of halogens is 1. The van der Waals surface area contributed by atoms with Gasteiger partial charge < -0.3 is 4.98 Å². The van der Waals surface area contributed by atoms with Gasteiger partial charge in [0.2, 0.25) is 0 Å². The molecule has 0 aromatic carbocycles. The lowest BCUT2D eigenvalue weighted by atomic mass is 9.93. The topological polar surface area (TPSA) is 15.8 Å². The molecule has 1 N–H and O–H groups in total. The first kappa shape index (κ1) is 9.10. The third kappa shape index (κ3) is 1.61. The normalized spacial score (nSPS) is 12.6. The van der Waals surface area contributed by atoms with Crippen LogP contribution in [0.3, 0.4) is 0 Å². The Kier molecular flexibility index (Phi) is 1.93. The second kappa shape index (κ2) is 2.76. The van der Waals surface area contributed by atoms with Crippen LogP contribution >= 0.6 is 22.9 Å². The zero-order valence-corrected chi connectivity index (χ0v) is 9.51. The molecule has 0 radical (unpaired) electrons. The lowest BCUT2D eigenvalue weighted by molar-refractivity contribution is 0.574. The quantitative estimate of drug-likeness (QED) is 0.676. The zero-order chi connectivity index (χ0) is 9.64. The Balaban J connectivity index is 2.57. The van der Waals surface area contributed by atoms with Crippen molar-refractivity contribution < 1.29 is 0 Å². The van der Waals surface area contributed by atoms with Crippen molar-refractivity contribution in [3.8, 4) is 0 Å². The maximum Gasteiger partial charge on any atom is 0.0956 e. The van der Waals surface area contributed by atoms with Crippen LogP contribution in [0, 0.1) is 0 Å². The standard InChI is InChI=1S/C10H12ClNS/c1-10(2,3)8-5-7-6(12-8)4-9(11)13-7/h4-5,12H,1-3H3. The largest absolute Gasteiger partial charge is 0.357 e. The van der Waals surface area contributed by atoms with E-state index in [9.17, 15) is 0 Å². The number of nitrogens with one attached hydrogen (secondary N) is 1. The van der Waals surface area contributed by atoms with Gasteiger partial charge in [0.05, 0.1) is 14.6 Å². The van der Waals surface area contributed by atoms with E-state index in [1.54, 1.807) is 11.3 Å². The van der Waals surface area contributed by atoms with Gasteiger partial charge >= 0.3 is 0 Å². The van der Waals surface area contributed by atoms with Crippen LogP contribution in [0.25, 0.3) is 10.2 Å². The highest BCUT2D eigenvalue weighted by Crippen LogP contribution is 2.33. The Morgan fingerprint density at radius 3 is 2.54 bits per heavy atom. The summed E-state index contributed by atoms with van der Waals surface area (Å²) in [6, 6.07) is 4.17. The molecule has 2 aromatic rings. The van der Waals surface area contributed by atoms with Gasteiger partial charge in [-0.3, -0.25) is 0 Å². The van der Waals surface area contributed by atoms with Crippen molar-refractivity contribution in [1.82, 2.24) is 4.98 Å². The third-order valence-corrected chi connectivity index (χ3v) is 3.29. The summed E-state index contributed by atoms with van der Waals surface area (Å²) in [6.45, 7) is 6.60. The molecule has 0 fully saturated rings. The van der Waals surface area contributed by atoms with Crippen molar-refractivity contribution in [2.75, 3.05) is 0 Å². The van der Waals surface area contributed by atoms with Crippen LogP contribution < -0.4 is 0 Å². The maximum absolute atomic E-state index is 5.89. The molecule has 2 rings (SSSR count). The van der Waals surface area contributed by atoms with E-state index in [1.165, 1.54) is 10.4 Å². The molecule has 13 heavy (non-hydrogen) atoms. The first-order valence-corrected chi connectivity index (χ1v) is 5.45. The first-order chi connectivity index (χ1) is 5.97. The minimum Gasteiger partial charge on any atom is -0.357 e. The molecule has 0 aliphatic heterocycles. The Bertz CT molecular complexity index is 402. The van der Waals surface area contributed by atoms with E-state index in [0.717, 1.165) is 9.85 Å². The number of fused-ring (bicyclic) bond motifs is 1. The van der Waals surface area contributed by atoms with E-state index in [1.807, 2.05) is 6.07 Å². The fraction of sp³-hybridized carbons (Fsp3) is 0.400. The number of rotatable bonds is 0. The highest BCUT2D eigenvalue weighted by atomic mass is 35.5. The van der Waals surface area contributed by atoms with Crippen LogP contribution in [-0.4, -0.2) is 4.98 Å². The predicted octanol–water partition coefficient (Wildman–Crippen LogP) is 4.18. The molecule has 0 saturated carbocycles. The molecule has 0 spiro atoms. The molecule has 70 valence electrons. The fourth-order valence-electron chi connectivity index (χ4n) is 1.30. The zero-order valence-electron chi connectivity index (χ0n) is 7.94. The van der Waals surface area contributed by atoms with Gasteiger partial charge in [-0.1, -0.05) is 32.4 Å². The lowest BCUT2D eigenvalue weighted by Crippen LogP contribution is -2.10. The molecule has 2 aromatic heterocycles. The average molecular weight is 214 g/mol. The summed E-state index contributed by atoms with van der Waals surface area (Å²) in [4.78, 5) is 3.38. The Hall–Kier alpha value is -0.470. The van der Waals surface area contributed by atoms with Crippen molar-refractivity contribution >= 4 is 33.2 Å². The van der Waals surface area contributed by atoms with Gasteiger partial charge in [0.25, 0.3) is 0 Å². The van der Waals surface area contributed by atoms with Crippen LogP contribution in [0.4, 0.5) is 0 Å². The molecule has 0 amide bonds. The van der Waals surface area contributed by atoms with E-state index < -0.39 is 0 Å².